The van der Waals surface area contributed by atoms with Gasteiger partial charge in [0, 0.05) is 34.8 Å². The number of carbonyl (C=O) groups excluding carboxylic acids is 6. The minimum atomic E-state index is -2.21. The molecule has 4 N–H and O–H groups in total. The Labute approximate surface area is 237 Å². The van der Waals surface area contributed by atoms with Crippen LogP contribution in [0.25, 0.3) is 11.5 Å². The van der Waals surface area contributed by atoms with Crippen molar-refractivity contribution in [1.82, 2.24) is 0 Å². The zero-order valence-electron chi connectivity index (χ0n) is 22.2. The molecule has 6 aliphatic rings. The fraction of sp³-hybridized carbons (Fsp3) is 0.312. The number of aliphatic hydroxyl groups excluding tert-OH is 2. The van der Waals surface area contributed by atoms with Gasteiger partial charge in [0.15, 0.2) is 23.1 Å². The molecule has 8 rings (SSSR count). The number of aldehydes is 2. The first-order chi connectivity index (χ1) is 19.9. The van der Waals surface area contributed by atoms with Gasteiger partial charge in [0.2, 0.25) is 0 Å². The Balaban J connectivity index is 1.58. The maximum absolute atomic E-state index is 14.8. The van der Waals surface area contributed by atoms with E-state index < -0.39 is 104 Å². The first-order valence-electron chi connectivity index (χ1n) is 13.6. The lowest BCUT2D eigenvalue weighted by atomic mass is 9.44. The number of phenolic OH excluding ortho intramolecular Hbond substituents is 2. The summed E-state index contributed by atoms with van der Waals surface area (Å²) in [6.07, 6.45) is 0.929. The minimum Gasteiger partial charge on any atom is -0.507 e. The van der Waals surface area contributed by atoms with Crippen LogP contribution in [-0.4, -0.2) is 56.1 Å². The second-order valence-corrected chi connectivity index (χ2v) is 12.4. The third-order valence-corrected chi connectivity index (χ3v) is 10.9. The van der Waals surface area contributed by atoms with Gasteiger partial charge in [-0.05, 0) is 61.1 Å². The topological polar surface area (TPSA) is 183 Å². The summed E-state index contributed by atoms with van der Waals surface area (Å²) in [5, 5.41) is 44.8. The lowest BCUT2D eigenvalue weighted by Crippen LogP contribution is -2.63. The summed E-state index contributed by atoms with van der Waals surface area (Å²) in [5.74, 6) is -14.3. The number of carbonyl (C=O) groups is 6. The van der Waals surface area contributed by atoms with E-state index >= 15 is 0 Å². The number of allylic oxidation sites excluding steroid dienone is 2. The number of rotatable bonds is 2. The maximum atomic E-state index is 14.8. The van der Waals surface area contributed by atoms with Crippen molar-refractivity contribution in [2.75, 3.05) is 0 Å². The van der Waals surface area contributed by atoms with Crippen molar-refractivity contribution in [3.8, 4) is 11.5 Å². The van der Waals surface area contributed by atoms with Gasteiger partial charge in [-0.15, -0.1) is 0 Å². The van der Waals surface area contributed by atoms with Crippen LogP contribution in [0.15, 0.2) is 35.4 Å². The van der Waals surface area contributed by atoms with Gasteiger partial charge in [-0.25, -0.2) is 0 Å². The minimum absolute atomic E-state index is 0.181. The number of hydrogen-bond acceptors (Lipinski definition) is 10. The molecule has 8 atom stereocenters. The number of aromatic hydroxyl groups is 2. The van der Waals surface area contributed by atoms with Gasteiger partial charge in [0.05, 0.1) is 33.1 Å². The number of hydrogen-bond donors (Lipinski definition) is 4. The van der Waals surface area contributed by atoms with Crippen LogP contribution >= 0.6 is 0 Å². The highest BCUT2D eigenvalue weighted by atomic mass is 16.3. The van der Waals surface area contributed by atoms with E-state index in [1.807, 2.05) is 0 Å². The largest absolute Gasteiger partial charge is 0.507 e. The summed E-state index contributed by atoms with van der Waals surface area (Å²) >= 11 is 0. The molecule has 4 bridgehead atoms. The average molecular weight is 567 g/mol. The Morgan fingerprint density at radius 3 is 1.31 bits per heavy atom. The molecule has 10 heteroatoms. The van der Waals surface area contributed by atoms with Crippen LogP contribution in [0.5, 0.6) is 11.5 Å². The molecule has 2 unspecified atom stereocenters. The first kappa shape index (κ1) is 24.9. The predicted molar refractivity (Wildman–Crippen MR) is 141 cm³/mol. The van der Waals surface area contributed by atoms with Crippen LogP contribution in [0.3, 0.4) is 0 Å². The van der Waals surface area contributed by atoms with Crippen molar-refractivity contribution >= 4 is 47.2 Å². The molecule has 0 aliphatic heterocycles. The molecule has 2 aromatic rings. The Kier molecular flexibility index (Phi) is 4.22. The second-order valence-electron chi connectivity index (χ2n) is 12.4. The van der Waals surface area contributed by atoms with Gasteiger partial charge in [0.25, 0.3) is 0 Å². The Morgan fingerprint density at radius 1 is 0.619 bits per heavy atom. The highest BCUT2D eigenvalue weighted by Crippen LogP contribution is 2.82. The molecule has 0 aromatic heterocycles. The van der Waals surface area contributed by atoms with Crippen molar-refractivity contribution in [3.63, 3.8) is 0 Å². The SMILES string of the molecule is Cc1cc(O)c2c(c1)C(=O)C13C(=C2O)C(=O)[C@H]2[C@@H](C=O)[C@@H]1[C@@H]1[C@@H](C=O)[C@H]3C(=O)C3=C(O)c4c(O)cc(C)cc4C(=O)C312. The van der Waals surface area contributed by atoms with Crippen molar-refractivity contribution in [1.29, 1.82) is 0 Å². The van der Waals surface area contributed by atoms with E-state index in [2.05, 4.69) is 0 Å². The zero-order chi connectivity index (χ0) is 29.9. The van der Waals surface area contributed by atoms with Crippen molar-refractivity contribution < 1.29 is 49.2 Å². The summed E-state index contributed by atoms with van der Waals surface area (Å²) in [7, 11) is 0. The Morgan fingerprint density at radius 2 is 0.976 bits per heavy atom. The molecule has 6 aliphatic carbocycles. The van der Waals surface area contributed by atoms with Crippen molar-refractivity contribution in [2.45, 2.75) is 13.8 Å². The molecular formula is C32H22O10. The fourth-order valence-electron chi connectivity index (χ4n) is 10.1. The molecule has 4 saturated carbocycles. The monoisotopic (exact) mass is 566 g/mol. The molecular weight excluding hydrogens is 544 g/mol. The first-order valence-corrected chi connectivity index (χ1v) is 13.6. The highest BCUT2D eigenvalue weighted by molar-refractivity contribution is 6.31. The summed E-state index contributed by atoms with van der Waals surface area (Å²) in [6, 6.07) is 5.39. The van der Waals surface area contributed by atoms with Crippen LogP contribution in [0.2, 0.25) is 0 Å². The summed E-state index contributed by atoms with van der Waals surface area (Å²) < 4.78 is 0. The van der Waals surface area contributed by atoms with Gasteiger partial charge < -0.3 is 30.0 Å². The van der Waals surface area contributed by atoms with Crippen LogP contribution in [0.1, 0.15) is 43.0 Å². The summed E-state index contributed by atoms with van der Waals surface area (Å²) in [5.41, 5.74) is -5.46. The molecule has 42 heavy (non-hydrogen) atoms. The van der Waals surface area contributed by atoms with Gasteiger partial charge in [-0.1, -0.05) is 0 Å². The molecule has 2 aromatic carbocycles. The number of phenols is 2. The third-order valence-electron chi connectivity index (χ3n) is 10.9. The number of benzene rings is 2. The van der Waals surface area contributed by atoms with Gasteiger partial charge in [-0.3, -0.25) is 19.2 Å². The highest BCUT2D eigenvalue weighted by Gasteiger charge is 2.89. The molecule has 0 heterocycles. The summed E-state index contributed by atoms with van der Waals surface area (Å²) in [6.45, 7) is 3.19. The molecule has 10 nitrogen and oxygen atoms in total. The van der Waals surface area contributed by atoms with Crippen molar-refractivity contribution in [3.05, 3.63) is 68.8 Å². The molecule has 0 amide bonds. The lowest BCUT2D eigenvalue weighted by Gasteiger charge is -2.54. The average Bonchev–Trinajstić information content (AvgIpc) is 3.34. The predicted octanol–water partition coefficient (Wildman–Crippen LogP) is 2.61. The fourth-order valence-corrected chi connectivity index (χ4v) is 10.1. The van der Waals surface area contributed by atoms with Crippen LogP contribution in [0.4, 0.5) is 0 Å². The molecule has 210 valence electrons. The normalized spacial score (nSPS) is 36.6. The zero-order valence-corrected chi connectivity index (χ0v) is 22.2. The number of aliphatic hydroxyl groups is 2. The smallest absolute Gasteiger partial charge is 0.175 e. The number of Topliss-reactive ketones (excluding diaryl/α,β-unsaturated/α-hetero) is 4. The Hall–Kier alpha value is -4.86. The Bertz CT molecular complexity index is 1770. The van der Waals surface area contributed by atoms with E-state index in [1.165, 1.54) is 24.3 Å². The molecule has 4 fully saturated rings. The van der Waals surface area contributed by atoms with Gasteiger partial charge in [0.1, 0.15) is 35.6 Å². The van der Waals surface area contributed by atoms with Crippen LogP contribution < -0.4 is 0 Å². The van der Waals surface area contributed by atoms with Gasteiger partial charge in [-0.2, -0.15) is 0 Å². The maximum Gasteiger partial charge on any atom is 0.175 e. The quantitative estimate of drug-likeness (QED) is 0.394. The van der Waals surface area contributed by atoms with Crippen LogP contribution in [0, 0.1) is 60.2 Å². The standard InChI is InChI=1S/C32H22O10/c1-9-3-11-17(15(35)5-9)25(37)23-28(40)22-13(7-33)19-20-14(8-34)21(31(19,23)29(11)41)27(39)24-26(38)18-12(30(42)32(20,22)24)4-10(2)6-16(18)36/h3-8,13-14,19-22,35-38H,1-2H3/t13-,14+,19+,20-,21-,22+,31?,32?. The number of aryl methyl sites for hydroxylation is 2. The lowest BCUT2D eigenvalue weighted by molar-refractivity contribution is -0.141. The van der Waals surface area contributed by atoms with Crippen molar-refractivity contribution in [2.24, 2.45) is 46.3 Å². The summed E-state index contributed by atoms with van der Waals surface area (Å²) in [4.78, 5) is 84.6. The number of fused-ring (bicyclic) bond motifs is 4. The van der Waals surface area contributed by atoms with E-state index in [0.29, 0.717) is 23.7 Å². The van der Waals surface area contributed by atoms with Gasteiger partial charge >= 0.3 is 0 Å². The van der Waals surface area contributed by atoms with E-state index in [4.69, 9.17) is 0 Å². The third kappa shape index (κ3) is 2.12. The number of ketones is 4. The van der Waals surface area contributed by atoms with E-state index in [9.17, 15) is 49.2 Å². The molecule has 0 radical (unpaired) electrons. The second kappa shape index (κ2) is 7.13. The van der Waals surface area contributed by atoms with Crippen LogP contribution in [-0.2, 0) is 19.2 Å². The van der Waals surface area contributed by atoms with E-state index in [0.717, 1.165) is 0 Å². The van der Waals surface area contributed by atoms with E-state index in [1.54, 1.807) is 13.8 Å². The molecule has 0 saturated heterocycles. The van der Waals surface area contributed by atoms with E-state index in [-0.39, 0.29) is 22.3 Å². The molecule has 2 spiro atoms.